The van der Waals surface area contributed by atoms with E-state index in [-0.39, 0.29) is 22.4 Å². The van der Waals surface area contributed by atoms with Crippen molar-refractivity contribution in [3.8, 4) is 5.75 Å². The molecular weight excluding hydrogens is 299 g/mol. The minimum absolute atomic E-state index is 0.0220. The zero-order chi connectivity index (χ0) is 16.8. The van der Waals surface area contributed by atoms with E-state index in [1.54, 1.807) is 6.07 Å². The molecule has 0 fully saturated rings. The van der Waals surface area contributed by atoms with Crippen LogP contribution in [0.1, 0.15) is 46.0 Å². The Kier molecular flexibility index (Phi) is 5.46. The summed E-state index contributed by atoms with van der Waals surface area (Å²) in [6.45, 7) is 2.34. The molecule has 0 saturated heterocycles. The Morgan fingerprint density at radius 2 is 1.87 bits per heavy atom. The second kappa shape index (κ2) is 7.54. The van der Waals surface area contributed by atoms with Gasteiger partial charge in [-0.2, -0.15) is 0 Å². The van der Waals surface area contributed by atoms with Crippen LogP contribution in [0.5, 0.6) is 5.75 Å². The van der Waals surface area contributed by atoms with Gasteiger partial charge in [0.15, 0.2) is 5.78 Å². The third-order valence-electron chi connectivity index (χ3n) is 3.35. The number of carbonyl (C=O) groups is 2. The molecule has 0 saturated carbocycles. The molecule has 0 atom stereocenters. The summed E-state index contributed by atoms with van der Waals surface area (Å²) in [5.74, 6) is -2.15. The number of benzene rings is 2. The van der Waals surface area contributed by atoms with Crippen LogP contribution >= 0.6 is 0 Å². The van der Waals surface area contributed by atoms with Crippen molar-refractivity contribution in [2.45, 2.75) is 19.8 Å². The standard InChI is InChI=1S/C18H17FO4/c1-2-3-10-23-16-11-12(8-9-14(16)18(21)22)17(20)13-6-4-5-7-15(13)19/h4-9,11H,2-3,10H2,1H3,(H,21,22). The Labute approximate surface area is 133 Å². The van der Waals surface area contributed by atoms with E-state index < -0.39 is 17.6 Å². The predicted molar refractivity (Wildman–Crippen MR) is 83.6 cm³/mol. The molecule has 0 heterocycles. The first-order chi connectivity index (χ1) is 11.0. The van der Waals surface area contributed by atoms with Crippen LogP contribution in [0.25, 0.3) is 0 Å². The van der Waals surface area contributed by atoms with Crippen LogP contribution in [0.15, 0.2) is 42.5 Å². The molecule has 5 heteroatoms. The molecule has 0 aliphatic rings. The summed E-state index contributed by atoms with van der Waals surface area (Å²) in [4.78, 5) is 23.6. The Bertz CT molecular complexity index is 725. The van der Waals surface area contributed by atoms with Gasteiger partial charge < -0.3 is 9.84 Å². The molecule has 0 aromatic heterocycles. The van der Waals surface area contributed by atoms with Crippen molar-refractivity contribution in [2.75, 3.05) is 6.61 Å². The van der Waals surface area contributed by atoms with E-state index >= 15 is 0 Å². The summed E-state index contributed by atoms with van der Waals surface area (Å²) >= 11 is 0. The number of rotatable bonds is 7. The monoisotopic (exact) mass is 316 g/mol. The molecule has 0 aliphatic heterocycles. The van der Waals surface area contributed by atoms with E-state index in [4.69, 9.17) is 4.74 Å². The molecule has 0 aliphatic carbocycles. The first-order valence-corrected chi connectivity index (χ1v) is 7.34. The van der Waals surface area contributed by atoms with Crippen molar-refractivity contribution < 1.29 is 23.8 Å². The van der Waals surface area contributed by atoms with E-state index in [1.165, 1.54) is 36.4 Å². The topological polar surface area (TPSA) is 63.6 Å². The van der Waals surface area contributed by atoms with Gasteiger partial charge >= 0.3 is 5.97 Å². The number of hydrogen-bond donors (Lipinski definition) is 1. The van der Waals surface area contributed by atoms with Crippen LogP contribution in [0.4, 0.5) is 4.39 Å². The predicted octanol–water partition coefficient (Wildman–Crippen LogP) is 3.93. The Hall–Kier alpha value is -2.69. The third kappa shape index (κ3) is 3.94. The van der Waals surface area contributed by atoms with E-state index in [1.807, 2.05) is 6.92 Å². The number of hydrogen-bond acceptors (Lipinski definition) is 3. The number of unbranched alkanes of at least 4 members (excludes halogenated alkanes) is 1. The van der Waals surface area contributed by atoms with E-state index in [0.717, 1.165) is 12.8 Å². The van der Waals surface area contributed by atoms with Crippen LogP contribution in [0, 0.1) is 5.82 Å². The smallest absolute Gasteiger partial charge is 0.339 e. The first kappa shape index (κ1) is 16.7. The summed E-state index contributed by atoms with van der Waals surface area (Å²) in [6.07, 6.45) is 1.67. The first-order valence-electron chi connectivity index (χ1n) is 7.34. The van der Waals surface area contributed by atoms with Crippen LogP contribution in [-0.2, 0) is 0 Å². The lowest BCUT2D eigenvalue weighted by atomic mass is 10.0. The van der Waals surface area contributed by atoms with Gasteiger partial charge in [0.05, 0.1) is 12.2 Å². The molecule has 23 heavy (non-hydrogen) atoms. The fraction of sp³-hybridized carbons (Fsp3) is 0.222. The molecule has 4 nitrogen and oxygen atoms in total. The average molecular weight is 316 g/mol. The summed E-state index contributed by atoms with van der Waals surface area (Å²) in [7, 11) is 0. The lowest BCUT2D eigenvalue weighted by Crippen LogP contribution is -2.08. The van der Waals surface area contributed by atoms with Gasteiger partial charge in [-0.05, 0) is 36.8 Å². The van der Waals surface area contributed by atoms with Crippen LogP contribution in [-0.4, -0.2) is 23.5 Å². The molecule has 0 unspecified atom stereocenters. The molecular formula is C18H17FO4. The summed E-state index contributed by atoms with van der Waals surface area (Å²) in [5.41, 5.74) is 0.105. The van der Waals surface area contributed by atoms with Gasteiger partial charge in [0.25, 0.3) is 0 Å². The SMILES string of the molecule is CCCCOc1cc(C(=O)c2ccccc2F)ccc1C(=O)O. The van der Waals surface area contributed by atoms with Gasteiger partial charge in [0, 0.05) is 5.56 Å². The number of carboxylic acids is 1. The maximum atomic E-state index is 13.7. The fourth-order valence-corrected chi connectivity index (χ4v) is 2.09. The molecule has 120 valence electrons. The van der Waals surface area contributed by atoms with Gasteiger partial charge in [-0.25, -0.2) is 9.18 Å². The lowest BCUT2D eigenvalue weighted by molar-refractivity contribution is 0.0691. The van der Waals surface area contributed by atoms with Crippen LogP contribution < -0.4 is 4.74 Å². The quantitative estimate of drug-likeness (QED) is 0.621. The van der Waals surface area contributed by atoms with Gasteiger partial charge in [0.1, 0.15) is 17.1 Å². The van der Waals surface area contributed by atoms with E-state index in [2.05, 4.69) is 0 Å². The number of ether oxygens (including phenoxy) is 1. The maximum Gasteiger partial charge on any atom is 0.339 e. The highest BCUT2D eigenvalue weighted by Gasteiger charge is 2.18. The second-order valence-corrected chi connectivity index (χ2v) is 5.03. The summed E-state index contributed by atoms with van der Waals surface area (Å²) in [5, 5.41) is 9.19. The summed E-state index contributed by atoms with van der Waals surface area (Å²) in [6, 6.07) is 9.69. The van der Waals surface area contributed by atoms with Gasteiger partial charge in [0.2, 0.25) is 0 Å². The fourth-order valence-electron chi connectivity index (χ4n) is 2.09. The van der Waals surface area contributed by atoms with Crippen LogP contribution in [0.3, 0.4) is 0 Å². The Morgan fingerprint density at radius 1 is 1.13 bits per heavy atom. The van der Waals surface area contributed by atoms with E-state index in [0.29, 0.717) is 6.61 Å². The van der Waals surface area contributed by atoms with Gasteiger partial charge in [-0.3, -0.25) is 4.79 Å². The highest BCUT2D eigenvalue weighted by Crippen LogP contribution is 2.23. The Balaban J connectivity index is 2.36. The maximum absolute atomic E-state index is 13.7. The van der Waals surface area contributed by atoms with Crippen LogP contribution in [0.2, 0.25) is 0 Å². The lowest BCUT2D eigenvalue weighted by Gasteiger charge is -2.11. The molecule has 0 spiro atoms. The number of halogens is 1. The number of ketones is 1. The van der Waals surface area contributed by atoms with Gasteiger partial charge in [-0.1, -0.05) is 25.5 Å². The minimum atomic E-state index is -1.14. The number of carbonyl (C=O) groups excluding carboxylic acids is 1. The van der Waals surface area contributed by atoms with Crippen molar-refractivity contribution in [1.82, 2.24) is 0 Å². The number of aromatic carboxylic acids is 1. The zero-order valence-electron chi connectivity index (χ0n) is 12.7. The zero-order valence-corrected chi connectivity index (χ0v) is 12.7. The molecule has 2 aromatic carbocycles. The molecule has 2 aromatic rings. The molecule has 0 amide bonds. The largest absolute Gasteiger partial charge is 0.493 e. The Morgan fingerprint density at radius 3 is 2.52 bits per heavy atom. The number of carboxylic acid groups (broad SMARTS) is 1. The molecule has 1 N–H and O–H groups in total. The summed E-state index contributed by atoms with van der Waals surface area (Å²) < 4.78 is 19.2. The average Bonchev–Trinajstić information content (AvgIpc) is 2.54. The molecule has 0 radical (unpaired) electrons. The highest BCUT2D eigenvalue weighted by molar-refractivity contribution is 6.10. The van der Waals surface area contributed by atoms with Crippen molar-refractivity contribution in [2.24, 2.45) is 0 Å². The third-order valence-corrected chi connectivity index (χ3v) is 3.35. The molecule has 0 bridgehead atoms. The normalized spacial score (nSPS) is 10.3. The van der Waals surface area contributed by atoms with Crippen molar-refractivity contribution >= 4 is 11.8 Å². The van der Waals surface area contributed by atoms with Crippen molar-refractivity contribution in [1.29, 1.82) is 0 Å². The van der Waals surface area contributed by atoms with E-state index in [9.17, 15) is 19.1 Å². The minimum Gasteiger partial charge on any atom is -0.493 e. The van der Waals surface area contributed by atoms with Crippen molar-refractivity contribution in [3.63, 3.8) is 0 Å². The molecule has 2 rings (SSSR count). The van der Waals surface area contributed by atoms with Crippen molar-refractivity contribution in [3.05, 3.63) is 65.0 Å². The second-order valence-electron chi connectivity index (χ2n) is 5.03. The highest BCUT2D eigenvalue weighted by atomic mass is 19.1. The van der Waals surface area contributed by atoms with Gasteiger partial charge in [-0.15, -0.1) is 0 Å².